The fourth-order valence-corrected chi connectivity index (χ4v) is 2.71. The normalized spacial score (nSPS) is 10.2. The predicted octanol–water partition coefficient (Wildman–Crippen LogP) is 3.68. The molecule has 11 heteroatoms. The maximum atomic E-state index is 11.8. The van der Waals surface area contributed by atoms with Crippen molar-refractivity contribution in [2.24, 2.45) is 0 Å². The zero-order valence-electron chi connectivity index (χ0n) is 16.9. The van der Waals surface area contributed by atoms with Crippen LogP contribution in [0.15, 0.2) is 48.8 Å². The largest absolute Gasteiger partial charge is 0.497 e. The molecule has 0 unspecified atom stereocenters. The Morgan fingerprint density at radius 1 is 0.968 bits per heavy atom. The third-order valence-corrected chi connectivity index (χ3v) is 4.24. The summed E-state index contributed by atoms with van der Waals surface area (Å²) in [6.45, 7) is 0. The summed E-state index contributed by atoms with van der Waals surface area (Å²) in [6, 6.07) is 11.2. The molecule has 1 heterocycles. The predicted molar refractivity (Wildman–Crippen MR) is 113 cm³/mol. The van der Waals surface area contributed by atoms with Gasteiger partial charge in [-0.15, -0.1) is 0 Å². The van der Waals surface area contributed by atoms with Crippen LogP contribution in [0.25, 0.3) is 0 Å². The molecule has 0 radical (unpaired) electrons. The van der Waals surface area contributed by atoms with E-state index in [1.807, 2.05) is 0 Å². The van der Waals surface area contributed by atoms with Gasteiger partial charge in [-0.1, -0.05) is 0 Å². The number of anilines is 4. The maximum absolute atomic E-state index is 11.8. The average Bonchev–Trinajstić information content (AvgIpc) is 2.79. The minimum absolute atomic E-state index is 0.0270. The second-order valence-corrected chi connectivity index (χ2v) is 6.06. The molecule has 0 fully saturated rings. The van der Waals surface area contributed by atoms with Crippen molar-refractivity contribution in [3.8, 4) is 11.5 Å². The first-order valence-electron chi connectivity index (χ1n) is 8.90. The van der Waals surface area contributed by atoms with Gasteiger partial charge in [-0.05, 0) is 36.4 Å². The van der Waals surface area contributed by atoms with E-state index >= 15 is 0 Å². The minimum Gasteiger partial charge on any atom is -0.497 e. The molecule has 0 amide bonds. The van der Waals surface area contributed by atoms with Crippen molar-refractivity contribution in [2.45, 2.75) is 0 Å². The van der Waals surface area contributed by atoms with E-state index in [0.29, 0.717) is 28.4 Å². The van der Waals surface area contributed by atoms with Crippen molar-refractivity contribution in [3.05, 3.63) is 64.5 Å². The maximum Gasteiger partial charge on any atom is 0.353 e. The number of nitro groups is 1. The molecule has 0 aliphatic rings. The van der Waals surface area contributed by atoms with Crippen LogP contribution in [0.1, 0.15) is 10.4 Å². The van der Waals surface area contributed by atoms with E-state index in [4.69, 9.17) is 9.47 Å². The number of methoxy groups -OCH3 is 3. The van der Waals surface area contributed by atoms with Crippen LogP contribution in [0.2, 0.25) is 0 Å². The van der Waals surface area contributed by atoms with Crippen LogP contribution < -0.4 is 20.1 Å². The van der Waals surface area contributed by atoms with Gasteiger partial charge in [-0.2, -0.15) is 0 Å². The number of ether oxygens (including phenoxy) is 3. The molecule has 1 aromatic heterocycles. The summed E-state index contributed by atoms with van der Waals surface area (Å²) >= 11 is 0. The topological polar surface area (TPSA) is 138 Å². The van der Waals surface area contributed by atoms with Gasteiger partial charge in [-0.25, -0.2) is 14.8 Å². The molecule has 0 saturated carbocycles. The molecule has 0 atom stereocenters. The van der Waals surface area contributed by atoms with Gasteiger partial charge >= 0.3 is 11.7 Å². The Morgan fingerprint density at radius 3 is 2.23 bits per heavy atom. The fourth-order valence-electron chi connectivity index (χ4n) is 2.71. The molecule has 11 nitrogen and oxygen atoms in total. The highest BCUT2D eigenvalue weighted by Crippen LogP contribution is 2.36. The third kappa shape index (κ3) is 4.78. The molecule has 2 N–H and O–H groups in total. The molecule has 0 bridgehead atoms. The number of rotatable bonds is 8. The Bertz CT molecular complexity index is 1100. The summed E-state index contributed by atoms with van der Waals surface area (Å²) in [7, 11) is 4.27. The highest BCUT2D eigenvalue weighted by Gasteiger charge is 2.24. The molecule has 3 rings (SSSR count). The van der Waals surface area contributed by atoms with Crippen molar-refractivity contribution in [3.63, 3.8) is 0 Å². The van der Waals surface area contributed by atoms with Gasteiger partial charge in [-0.3, -0.25) is 10.1 Å². The van der Waals surface area contributed by atoms with Gasteiger partial charge in [0.05, 0.1) is 37.5 Å². The van der Waals surface area contributed by atoms with E-state index in [-0.39, 0.29) is 17.3 Å². The van der Waals surface area contributed by atoms with Crippen LogP contribution in [-0.4, -0.2) is 42.2 Å². The Balaban J connectivity index is 1.93. The van der Waals surface area contributed by atoms with Crippen molar-refractivity contribution < 1.29 is 23.9 Å². The molecular weight excluding hydrogens is 406 g/mol. The van der Waals surface area contributed by atoms with Gasteiger partial charge in [0.15, 0.2) is 0 Å². The second-order valence-electron chi connectivity index (χ2n) is 6.06. The van der Waals surface area contributed by atoms with Crippen LogP contribution in [0.5, 0.6) is 11.5 Å². The van der Waals surface area contributed by atoms with Gasteiger partial charge in [0, 0.05) is 11.8 Å². The number of hydrogen-bond donors (Lipinski definition) is 2. The summed E-state index contributed by atoms with van der Waals surface area (Å²) in [4.78, 5) is 30.8. The summed E-state index contributed by atoms with van der Waals surface area (Å²) in [5, 5.41) is 17.6. The Hall–Kier alpha value is -4.41. The quantitative estimate of drug-likeness (QED) is 0.312. The lowest BCUT2D eigenvalue weighted by Gasteiger charge is -2.13. The molecule has 0 saturated heterocycles. The Morgan fingerprint density at radius 2 is 1.65 bits per heavy atom. The number of hydrogen-bond acceptors (Lipinski definition) is 10. The summed E-state index contributed by atoms with van der Waals surface area (Å²) in [6.07, 6.45) is 1.19. The molecule has 3 aromatic rings. The smallest absolute Gasteiger partial charge is 0.353 e. The van der Waals surface area contributed by atoms with Crippen LogP contribution >= 0.6 is 0 Å². The van der Waals surface area contributed by atoms with E-state index in [1.54, 1.807) is 30.3 Å². The van der Waals surface area contributed by atoms with Crippen LogP contribution in [0.4, 0.5) is 28.7 Å². The van der Waals surface area contributed by atoms with E-state index in [2.05, 4.69) is 25.3 Å². The summed E-state index contributed by atoms with van der Waals surface area (Å²) < 4.78 is 15.1. The SMILES string of the molecule is COC(=O)c1ccc(Nc2ncnc(Nc3ccc(OC)cc3OC)c2[N+](=O)[O-])cc1. The fraction of sp³-hybridized carbons (Fsp3) is 0.150. The molecule has 0 aliphatic heterocycles. The van der Waals surface area contributed by atoms with E-state index in [0.717, 1.165) is 0 Å². The molecule has 160 valence electrons. The van der Waals surface area contributed by atoms with E-state index in [9.17, 15) is 14.9 Å². The van der Waals surface area contributed by atoms with E-state index < -0.39 is 10.9 Å². The number of esters is 1. The molecular formula is C20H19N5O6. The molecule has 31 heavy (non-hydrogen) atoms. The number of carbonyl (C=O) groups is 1. The lowest BCUT2D eigenvalue weighted by Crippen LogP contribution is -2.06. The summed E-state index contributed by atoms with van der Waals surface area (Å²) in [5.74, 6) is 0.440. The number of nitrogens with zero attached hydrogens (tertiary/aromatic N) is 3. The number of carbonyl (C=O) groups excluding carboxylic acids is 1. The minimum atomic E-state index is -0.594. The van der Waals surface area contributed by atoms with Crippen LogP contribution in [-0.2, 0) is 4.74 Å². The lowest BCUT2D eigenvalue weighted by molar-refractivity contribution is -0.383. The Labute approximate surface area is 177 Å². The third-order valence-electron chi connectivity index (χ3n) is 4.24. The first-order valence-corrected chi connectivity index (χ1v) is 8.90. The molecule has 0 aliphatic carbocycles. The highest BCUT2D eigenvalue weighted by atomic mass is 16.6. The number of aromatic nitrogens is 2. The van der Waals surface area contributed by atoms with Crippen molar-refractivity contribution in [1.29, 1.82) is 0 Å². The van der Waals surface area contributed by atoms with Crippen molar-refractivity contribution >= 4 is 34.7 Å². The monoisotopic (exact) mass is 425 g/mol. The van der Waals surface area contributed by atoms with Crippen LogP contribution in [0, 0.1) is 10.1 Å². The molecule has 0 spiro atoms. The van der Waals surface area contributed by atoms with Gasteiger partial charge in [0.1, 0.15) is 17.8 Å². The standard InChI is InChI=1S/C20H19N5O6/c1-29-14-8-9-15(16(10-14)30-2)24-19-17(25(27)28)18(21-11-22-19)23-13-6-4-12(5-7-13)20(26)31-3/h4-11H,1-3H3,(H2,21,22,23,24). The van der Waals surface area contributed by atoms with Gasteiger partial charge < -0.3 is 24.8 Å². The Kier molecular flexibility index (Phi) is 6.45. The lowest BCUT2D eigenvalue weighted by atomic mass is 10.2. The first-order chi connectivity index (χ1) is 15.0. The van der Waals surface area contributed by atoms with Crippen molar-refractivity contribution in [1.82, 2.24) is 9.97 Å². The zero-order chi connectivity index (χ0) is 22.4. The summed E-state index contributed by atoms with van der Waals surface area (Å²) in [5.41, 5.74) is 0.928. The zero-order valence-corrected chi connectivity index (χ0v) is 16.9. The van der Waals surface area contributed by atoms with Gasteiger partial charge in [0.25, 0.3) is 0 Å². The van der Waals surface area contributed by atoms with Crippen LogP contribution in [0.3, 0.4) is 0 Å². The first kappa shape index (κ1) is 21.3. The number of benzene rings is 2. The van der Waals surface area contributed by atoms with Crippen molar-refractivity contribution in [2.75, 3.05) is 32.0 Å². The highest BCUT2D eigenvalue weighted by molar-refractivity contribution is 5.90. The second kappa shape index (κ2) is 9.39. The molecule has 2 aromatic carbocycles. The number of nitrogens with one attached hydrogen (secondary N) is 2. The van der Waals surface area contributed by atoms with E-state index in [1.165, 1.54) is 39.8 Å². The van der Waals surface area contributed by atoms with Gasteiger partial charge in [0.2, 0.25) is 11.6 Å². The average molecular weight is 425 g/mol.